The van der Waals surface area contributed by atoms with Crippen molar-refractivity contribution in [3.05, 3.63) is 98.6 Å². The number of hydrogen-bond donors (Lipinski definition) is 2. The second kappa shape index (κ2) is 10.2. The normalized spacial score (nSPS) is 15.3. The maximum atomic E-state index is 14.1. The topological polar surface area (TPSA) is 95.6 Å². The standard InChI is InChI=1S/C25H19ClF5N3O4S/c1-34(2)39(37,38)11-12-5-18-21(22(33-24(18)36)17-10-15(27)3-4-19(17)26)20(6-12)32-23(35)13-7-14(25(29,30)31)9-16(28)8-13/h3-10,22H,11H2,1-2H3,(H,32,35)(H,33,36)/t22-/m1/s1. The van der Waals surface area contributed by atoms with Gasteiger partial charge in [-0.05, 0) is 54.1 Å². The number of halogens is 6. The molecule has 0 saturated heterocycles. The molecule has 0 unspecified atom stereocenters. The highest BCUT2D eigenvalue weighted by Gasteiger charge is 2.36. The fourth-order valence-electron chi connectivity index (χ4n) is 4.07. The predicted octanol–water partition coefficient (Wildman–Crippen LogP) is 5.11. The average Bonchev–Trinajstić information content (AvgIpc) is 3.15. The summed E-state index contributed by atoms with van der Waals surface area (Å²) in [4.78, 5) is 25.9. The maximum Gasteiger partial charge on any atom is 0.416 e. The van der Waals surface area contributed by atoms with Crippen molar-refractivity contribution in [3.8, 4) is 0 Å². The molecular weight excluding hydrogens is 569 g/mol. The van der Waals surface area contributed by atoms with E-state index in [4.69, 9.17) is 11.6 Å². The lowest BCUT2D eigenvalue weighted by Gasteiger charge is -2.19. The van der Waals surface area contributed by atoms with Crippen molar-refractivity contribution in [2.24, 2.45) is 0 Å². The van der Waals surface area contributed by atoms with E-state index in [1.807, 2.05) is 0 Å². The summed E-state index contributed by atoms with van der Waals surface area (Å²) in [7, 11) is -1.26. The number of fused-ring (bicyclic) bond motifs is 1. The molecule has 1 heterocycles. The van der Waals surface area contributed by atoms with Crippen LogP contribution in [0.5, 0.6) is 0 Å². The Hall–Kier alpha value is -3.55. The van der Waals surface area contributed by atoms with Gasteiger partial charge in [-0.15, -0.1) is 0 Å². The molecule has 1 aliphatic heterocycles. The van der Waals surface area contributed by atoms with Crippen molar-refractivity contribution in [2.45, 2.75) is 18.0 Å². The van der Waals surface area contributed by atoms with E-state index >= 15 is 0 Å². The molecule has 2 amide bonds. The monoisotopic (exact) mass is 587 g/mol. The first kappa shape index (κ1) is 28.5. The molecule has 0 radical (unpaired) electrons. The highest BCUT2D eigenvalue weighted by molar-refractivity contribution is 7.88. The molecule has 3 aromatic carbocycles. The zero-order valence-corrected chi connectivity index (χ0v) is 21.7. The van der Waals surface area contributed by atoms with Gasteiger partial charge in [0.1, 0.15) is 11.6 Å². The summed E-state index contributed by atoms with van der Waals surface area (Å²) in [6.45, 7) is 0. The maximum absolute atomic E-state index is 14.1. The number of sulfonamides is 1. The number of carbonyl (C=O) groups excluding carboxylic acids is 2. The average molecular weight is 588 g/mol. The third-order valence-electron chi connectivity index (χ3n) is 5.96. The van der Waals surface area contributed by atoms with Crippen LogP contribution in [0.2, 0.25) is 5.02 Å². The second-order valence-corrected chi connectivity index (χ2v) is 11.5. The van der Waals surface area contributed by atoms with Gasteiger partial charge in [-0.1, -0.05) is 11.6 Å². The highest BCUT2D eigenvalue weighted by atomic mass is 35.5. The molecule has 0 spiro atoms. The minimum absolute atomic E-state index is 0.0611. The van der Waals surface area contributed by atoms with Crippen molar-refractivity contribution in [1.29, 1.82) is 0 Å². The SMILES string of the molecule is CN(C)S(=O)(=O)Cc1cc(NC(=O)c2cc(F)cc(C(F)(F)F)c2)c2c(c1)C(=O)N[C@@H]2c1cc(F)ccc1Cl. The lowest BCUT2D eigenvalue weighted by atomic mass is 9.94. The van der Waals surface area contributed by atoms with Gasteiger partial charge >= 0.3 is 6.18 Å². The van der Waals surface area contributed by atoms with E-state index in [1.54, 1.807) is 0 Å². The van der Waals surface area contributed by atoms with E-state index < -0.39 is 62.6 Å². The molecule has 0 aromatic heterocycles. The number of benzene rings is 3. The summed E-state index contributed by atoms with van der Waals surface area (Å²) in [5, 5.41) is 5.02. The smallest absolute Gasteiger partial charge is 0.341 e. The van der Waals surface area contributed by atoms with E-state index in [0.29, 0.717) is 12.1 Å². The molecule has 39 heavy (non-hydrogen) atoms. The summed E-state index contributed by atoms with van der Waals surface area (Å²) < 4.78 is 93.6. The Balaban J connectivity index is 1.87. The first-order chi connectivity index (χ1) is 18.1. The minimum Gasteiger partial charge on any atom is -0.341 e. The van der Waals surface area contributed by atoms with Crippen LogP contribution in [0.15, 0.2) is 48.5 Å². The van der Waals surface area contributed by atoms with Gasteiger partial charge < -0.3 is 10.6 Å². The molecule has 0 saturated carbocycles. The van der Waals surface area contributed by atoms with Crippen LogP contribution < -0.4 is 10.6 Å². The van der Waals surface area contributed by atoms with Crippen LogP contribution in [0.1, 0.15) is 49.0 Å². The molecule has 206 valence electrons. The summed E-state index contributed by atoms with van der Waals surface area (Å²) in [5.41, 5.74) is -2.07. The summed E-state index contributed by atoms with van der Waals surface area (Å²) in [6.07, 6.45) is -4.94. The van der Waals surface area contributed by atoms with Gasteiger partial charge in [0.05, 0.1) is 17.4 Å². The van der Waals surface area contributed by atoms with Crippen LogP contribution >= 0.6 is 11.6 Å². The van der Waals surface area contributed by atoms with Gasteiger partial charge in [0.25, 0.3) is 11.8 Å². The fraction of sp³-hybridized carbons (Fsp3) is 0.200. The summed E-state index contributed by atoms with van der Waals surface area (Å²) >= 11 is 6.24. The number of amides is 2. The number of hydrogen-bond acceptors (Lipinski definition) is 4. The Bertz CT molecular complexity index is 1610. The molecule has 1 aliphatic rings. The molecule has 2 N–H and O–H groups in total. The Morgan fingerprint density at radius 3 is 2.38 bits per heavy atom. The van der Waals surface area contributed by atoms with Crippen molar-refractivity contribution < 1.29 is 40.0 Å². The zero-order chi connectivity index (χ0) is 28.9. The number of rotatable bonds is 6. The van der Waals surface area contributed by atoms with Crippen LogP contribution in [0.3, 0.4) is 0 Å². The molecule has 1 atom stereocenters. The van der Waals surface area contributed by atoms with Crippen LogP contribution in [0.4, 0.5) is 27.6 Å². The molecular formula is C25H19ClF5N3O4S. The quantitative estimate of drug-likeness (QED) is 0.392. The molecule has 0 bridgehead atoms. The third kappa shape index (κ3) is 5.89. The van der Waals surface area contributed by atoms with Crippen molar-refractivity contribution in [1.82, 2.24) is 9.62 Å². The minimum atomic E-state index is -4.94. The first-order valence-electron chi connectivity index (χ1n) is 11.1. The third-order valence-corrected chi connectivity index (χ3v) is 8.11. The zero-order valence-electron chi connectivity index (χ0n) is 20.2. The van der Waals surface area contributed by atoms with E-state index in [0.717, 1.165) is 16.4 Å². The molecule has 7 nitrogen and oxygen atoms in total. The Labute approximate surface area is 224 Å². The van der Waals surface area contributed by atoms with Crippen molar-refractivity contribution >= 4 is 39.1 Å². The Kier molecular flexibility index (Phi) is 7.45. The van der Waals surface area contributed by atoms with E-state index in [1.165, 1.54) is 32.3 Å². The fourth-order valence-corrected chi connectivity index (χ4v) is 5.14. The number of anilines is 1. The van der Waals surface area contributed by atoms with Crippen LogP contribution in [0.25, 0.3) is 0 Å². The highest BCUT2D eigenvalue weighted by Crippen LogP contribution is 2.40. The summed E-state index contributed by atoms with van der Waals surface area (Å²) in [5.74, 6) is -4.45. The molecule has 4 rings (SSSR count). The van der Waals surface area contributed by atoms with Crippen LogP contribution in [0, 0.1) is 11.6 Å². The second-order valence-electron chi connectivity index (χ2n) is 8.90. The van der Waals surface area contributed by atoms with Gasteiger partial charge in [0.2, 0.25) is 10.0 Å². The van der Waals surface area contributed by atoms with E-state index in [2.05, 4.69) is 10.6 Å². The molecule has 0 fully saturated rings. The number of carbonyl (C=O) groups is 2. The van der Waals surface area contributed by atoms with Crippen LogP contribution in [-0.4, -0.2) is 38.6 Å². The van der Waals surface area contributed by atoms with Crippen LogP contribution in [-0.2, 0) is 22.0 Å². The van der Waals surface area contributed by atoms with Gasteiger partial charge in [-0.3, -0.25) is 9.59 Å². The van der Waals surface area contributed by atoms with E-state index in [9.17, 15) is 40.0 Å². The van der Waals surface area contributed by atoms with Gasteiger partial charge in [0.15, 0.2) is 0 Å². The molecule has 0 aliphatic carbocycles. The Morgan fingerprint density at radius 1 is 1.05 bits per heavy atom. The number of nitrogens with zero attached hydrogens (tertiary/aromatic N) is 1. The first-order valence-corrected chi connectivity index (χ1v) is 13.1. The lowest BCUT2D eigenvalue weighted by molar-refractivity contribution is -0.137. The Morgan fingerprint density at radius 2 is 1.74 bits per heavy atom. The summed E-state index contributed by atoms with van der Waals surface area (Å²) in [6, 6.07) is 6.05. The van der Waals surface area contributed by atoms with Gasteiger partial charge in [0, 0.05) is 47.1 Å². The van der Waals surface area contributed by atoms with E-state index in [-0.39, 0.29) is 39.0 Å². The number of nitrogens with one attached hydrogen (secondary N) is 2. The molecule has 3 aromatic rings. The van der Waals surface area contributed by atoms with Gasteiger partial charge in [-0.25, -0.2) is 21.5 Å². The lowest BCUT2D eigenvalue weighted by Crippen LogP contribution is -2.24. The van der Waals surface area contributed by atoms with Crippen molar-refractivity contribution in [3.63, 3.8) is 0 Å². The van der Waals surface area contributed by atoms with Gasteiger partial charge in [-0.2, -0.15) is 13.2 Å². The largest absolute Gasteiger partial charge is 0.416 e. The van der Waals surface area contributed by atoms with Crippen molar-refractivity contribution in [2.75, 3.05) is 19.4 Å². The number of alkyl halides is 3. The predicted molar refractivity (Wildman–Crippen MR) is 133 cm³/mol. The molecule has 14 heteroatoms.